The minimum absolute atomic E-state index is 0.0762. The van der Waals surface area contributed by atoms with Gasteiger partial charge in [-0.05, 0) is 23.7 Å². The zero-order chi connectivity index (χ0) is 22.2. The van der Waals surface area contributed by atoms with Gasteiger partial charge in [-0.15, -0.1) is 23.1 Å². The van der Waals surface area contributed by atoms with Gasteiger partial charge in [0, 0.05) is 23.9 Å². The van der Waals surface area contributed by atoms with Crippen molar-refractivity contribution < 1.29 is 23.4 Å². The number of morpholine rings is 1. The summed E-state index contributed by atoms with van der Waals surface area (Å²) in [7, 11) is 0. The maximum Gasteiger partial charge on any atom is 0.353 e. The lowest BCUT2D eigenvalue weighted by molar-refractivity contribution is -0.132. The van der Waals surface area contributed by atoms with Gasteiger partial charge in [0.2, 0.25) is 0 Å². The number of ether oxygens (including phenoxy) is 1. The first-order chi connectivity index (χ1) is 15.5. The van der Waals surface area contributed by atoms with Gasteiger partial charge in [0.1, 0.15) is 22.7 Å². The van der Waals surface area contributed by atoms with Crippen molar-refractivity contribution in [2.75, 3.05) is 36.1 Å². The maximum atomic E-state index is 14.6. The third-order valence-electron chi connectivity index (χ3n) is 5.09. The van der Waals surface area contributed by atoms with Crippen molar-refractivity contribution in [3.05, 3.63) is 58.1 Å². The van der Waals surface area contributed by atoms with Crippen molar-refractivity contribution in [3.8, 4) is 10.6 Å². The van der Waals surface area contributed by atoms with E-state index in [-0.39, 0.29) is 11.3 Å². The monoisotopic (exact) mass is 494 g/mol. The van der Waals surface area contributed by atoms with Gasteiger partial charge in [0.15, 0.2) is 5.13 Å². The van der Waals surface area contributed by atoms with E-state index in [0.717, 1.165) is 53.6 Å². The third-order valence-corrected chi connectivity index (χ3v) is 7.86. The number of anilines is 2. The molecule has 0 radical (unpaired) electrons. The Labute approximate surface area is 194 Å². The number of aliphatic carboxylic acids is 1. The van der Waals surface area contributed by atoms with E-state index in [1.165, 1.54) is 33.9 Å². The summed E-state index contributed by atoms with van der Waals surface area (Å²) >= 11 is 3.68. The molecule has 1 atom stereocenters. The number of thioether (sulfide) groups is 1. The van der Waals surface area contributed by atoms with Crippen molar-refractivity contribution in [2.45, 2.75) is 5.37 Å². The molecule has 32 heavy (non-hydrogen) atoms. The van der Waals surface area contributed by atoms with Gasteiger partial charge in [-0.3, -0.25) is 0 Å². The van der Waals surface area contributed by atoms with Crippen LogP contribution in [0.4, 0.5) is 19.6 Å². The molecule has 12 heteroatoms. The molecule has 1 N–H and O–H groups in total. The predicted octanol–water partition coefficient (Wildman–Crippen LogP) is 4.56. The normalized spacial score (nSPS) is 18.8. The minimum atomic E-state index is -1.19. The van der Waals surface area contributed by atoms with Crippen LogP contribution in [0.1, 0.15) is 10.9 Å². The zero-order valence-corrected chi connectivity index (χ0v) is 18.9. The Morgan fingerprint density at radius 2 is 1.97 bits per heavy atom. The molecule has 1 fully saturated rings. The lowest BCUT2D eigenvalue weighted by atomic mass is 10.1. The lowest BCUT2D eigenvalue weighted by Crippen LogP contribution is -2.36. The van der Waals surface area contributed by atoms with Crippen LogP contribution in [-0.4, -0.2) is 46.7 Å². The maximum absolute atomic E-state index is 14.6. The molecule has 1 aromatic carbocycles. The summed E-state index contributed by atoms with van der Waals surface area (Å²) in [5, 5.41) is 13.0. The van der Waals surface area contributed by atoms with Crippen LogP contribution in [0.3, 0.4) is 0 Å². The van der Waals surface area contributed by atoms with Gasteiger partial charge in [0.05, 0.1) is 41.2 Å². The minimum Gasteiger partial charge on any atom is -0.477 e. The largest absolute Gasteiger partial charge is 0.477 e. The van der Waals surface area contributed by atoms with Gasteiger partial charge in [-0.25, -0.2) is 18.6 Å². The third kappa shape index (κ3) is 3.76. The van der Waals surface area contributed by atoms with E-state index in [0.29, 0.717) is 29.5 Å². The molecule has 1 saturated heterocycles. The van der Waals surface area contributed by atoms with Crippen LogP contribution >= 0.6 is 34.6 Å². The molecule has 0 aliphatic carbocycles. The molecular weight excluding hydrogens is 478 g/mol. The number of carboxylic acids is 1. The molecule has 5 rings (SSSR count). The Morgan fingerprint density at radius 1 is 1.22 bits per heavy atom. The fourth-order valence-corrected chi connectivity index (χ4v) is 6.41. The summed E-state index contributed by atoms with van der Waals surface area (Å²) in [5.41, 5.74) is 0.811. The molecule has 0 amide bonds. The van der Waals surface area contributed by atoms with Gasteiger partial charge >= 0.3 is 5.97 Å². The molecule has 3 aromatic rings. The summed E-state index contributed by atoms with van der Waals surface area (Å²) in [6, 6.07) is 3.61. The molecule has 2 aliphatic heterocycles. The number of aromatic nitrogens is 2. The Morgan fingerprint density at radius 3 is 2.69 bits per heavy atom. The van der Waals surface area contributed by atoms with Gasteiger partial charge in [0.25, 0.3) is 0 Å². The fourth-order valence-electron chi connectivity index (χ4n) is 3.58. The van der Waals surface area contributed by atoms with Crippen LogP contribution < -0.4 is 9.80 Å². The van der Waals surface area contributed by atoms with Crippen molar-refractivity contribution in [3.63, 3.8) is 0 Å². The van der Waals surface area contributed by atoms with E-state index < -0.39 is 23.0 Å². The number of hydrogen-bond donors (Lipinski definition) is 1. The summed E-state index contributed by atoms with van der Waals surface area (Å²) < 4.78 is 38.8. The van der Waals surface area contributed by atoms with E-state index in [2.05, 4.69) is 9.27 Å². The number of hydrogen-bond acceptors (Lipinski definition) is 9. The number of thiazole rings is 1. The summed E-state index contributed by atoms with van der Waals surface area (Å²) in [6.45, 7) is 2.75. The van der Waals surface area contributed by atoms with Crippen molar-refractivity contribution in [1.82, 2.24) is 9.36 Å². The number of benzene rings is 1. The van der Waals surface area contributed by atoms with E-state index in [1.54, 1.807) is 0 Å². The van der Waals surface area contributed by atoms with Crippen molar-refractivity contribution in [1.29, 1.82) is 0 Å². The summed E-state index contributed by atoms with van der Waals surface area (Å²) in [6.07, 6.45) is 1.52. The van der Waals surface area contributed by atoms with E-state index in [4.69, 9.17) is 9.72 Å². The first-order valence-corrected chi connectivity index (χ1v) is 12.2. The quantitative estimate of drug-likeness (QED) is 0.553. The Bertz CT molecular complexity index is 1170. The van der Waals surface area contributed by atoms with Crippen LogP contribution in [0.15, 0.2) is 40.9 Å². The van der Waals surface area contributed by atoms with Gasteiger partial charge in [-0.2, -0.15) is 4.37 Å². The second-order valence-electron chi connectivity index (χ2n) is 6.96. The molecule has 0 saturated carbocycles. The smallest absolute Gasteiger partial charge is 0.353 e. The number of carboxylic acid groups (broad SMARTS) is 1. The highest BCUT2D eigenvalue weighted by atomic mass is 32.2. The average Bonchev–Trinajstić information content (AvgIpc) is 3.53. The molecule has 2 aliphatic rings. The average molecular weight is 495 g/mol. The number of carbonyl (C=O) groups is 1. The second kappa shape index (κ2) is 8.77. The Kier molecular flexibility index (Phi) is 5.84. The van der Waals surface area contributed by atoms with Crippen molar-refractivity contribution in [2.24, 2.45) is 0 Å². The number of nitrogens with zero attached hydrogens (tertiary/aromatic N) is 4. The molecular formula is C20H16F2N4O3S3. The first-order valence-electron chi connectivity index (χ1n) is 9.60. The standard InChI is InChI=1S/C20H16F2N4O3S3/c21-11-2-1-3-12(22)16(11)18-26(15(10-30-18)19(27)28)14-8-23-32-17(14)13-9-31-20(24-13)25-4-6-29-7-5-25/h1-3,8-10,18H,4-7H2,(H,27,28). The summed E-state index contributed by atoms with van der Waals surface area (Å²) in [4.78, 5) is 20.9. The molecule has 4 heterocycles. The molecule has 2 aromatic heterocycles. The highest BCUT2D eigenvalue weighted by Crippen LogP contribution is 2.50. The molecule has 166 valence electrons. The topological polar surface area (TPSA) is 78.8 Å². The van der Waals surface area contributed by atoms with Gasteiger partial charge < -0.3 is 19.6 Å². The number of rotatable bonds is 5. The van der Waals surface area contributed by atoms with Crippen molar-refractivity contribution >= 4 is 51.4 Å². The van der Waals surface area contributed by atoms with E-state index in [1.807, 2.05) is 5.38 Å². The van der Waals surface area contributed by atoms with Crippen LogP contribution in [0.2, 0.25) is 0 Å². The first kappa shape index (κ1) is 21.3. The second-order valence-corrected chi connectivity index (χ2v) is 9.55. The Hall–Kier alpha value is -2.54. The van der Waals surface area contributed by atoms with Crippen LogP contribution in [0.25, 0.3) is 10.6 Å². The van der Waals surface area contributed by atoms with E-state index >= 15 is 0 Å². The van der Waals surface area contributed by atoms with E-state index in [9.17, 15) is 18.7 Å². The highest BCUT2D eigenvalue weighted by molar-refractivity contribution is 8.02. The van der Waals surface area contributed by atoms with Crippen LogP contribution in [0.5, 0.6) is 0 Å². The summed E-state index contributed by atoms with van der Waals surface area (Å²) in [5.74, 6) is -2.66. The Balaban J connectivity index is 1.55. The SMILES string of the molecule is O=C(O)C1=CSC(c2c(F)cccc2F)N1c1cnsc1-c1csc(N2CCOCC2)n1. The molecule has 0 spiro atoms. The fraction of sp³-hybridized carbons (Fsp3) is 0.250. The van der Waals surface area contributed by atoms with Crippen LogP contribution in [0, 0.1) is 11.6 Å². The number of halogens is 2. The molecule has 1 unspecified atom stereocenters. The zero-order valence-electron chi connectivity index (χ0n) is 16.4. The molecule has 7 nitrogen and oxygen atoms in total. The predicted molar refractivity (Wildman–Crippen MR) is 121 cm³/mol. The highest BCUT2D eigenvalue weighted by Gasteiger charge is 2.38. The lowest BCUT2D eigenvalue weighted by Gasteiger charge is -2.28. The molecule has 0 bridgehead atoms. The van der Waals surface area contributed by atoms with Gasteiger partial charge in [-0.1, -0.05) is 6.07 Å². The van der Waals surface area contributed by atoms with Crippen LogP contribution in [-0.2, 0) is 9.53 Å².